The summed E-state index contributed by atoms with van der Waals surface area (Å²) < 4.78 is 36.7. The Bertz CT molecular complexity index is 1770. The summed E-state index contributed by atoms with van der Waals surface area (Å²) in [5.41, 5.74) is 4.24. The zero-order chi connectivity index (χ0) is 33.5. The van der Waals surface area contributed by atoms with Crippen LogP contribution in [0, 0.1) is 5.41 Å². The van der Waals surface area contributed by atoms with Crippen LogP contribution in [0.25, 0.3) is 11.1 Å². The van der Waals surface area contributed by atoms with Gasteiger partial charge in [-0.2, -0.15) is 8.42 Å². The van der Waals surface area contributed by atoms with Gasteiger partial charge in [-0.3, -0.25) is 14.1 Å². The van der Waals surface area contributed by atoms with E-state index in [-0.39, 0.29) is 17.9 Å². The first-order valence-electron chi connectivity index (χ1n) is 14.6. The second-order valence-corrected chi connectivity index (χ2v) is 14.5. The molecule has 8 nitrogen and oxygen atoms in total. The predicted molar refractivity (Wildman–Crippen MR) is 184 cm³/mol. The standard InChI is InChI=1S/C35H36Cl2N2O6S/c1-35(2,3)22-45-29-15-10-25(11-16-29)31(20-23-4-6-26(7-5-23)33(40)38-18-19-46(42,43)44)34(41)39-28-13-8-24(9-14-28)30-17-12-27(36)21-32(30)37/h4-17,21,31H,18-20,22H2,1-3H3,(H,38,40)(H,39,41)(H,42,43,44). The Labute approximate surface area is 279 Å². The molecule has 0 radical (unpaired) electrons. The van der Waals surface area contributed by atoms with E-state index in [9.17, 15) is 18.0 Å². The Balaban J connectivity index is 1.52. The summed E-state index contributed by atoms with van der Waals surface area (Å²) in [6.07, 6.45) is 0.344. The number of ether oxygens (including phenoxy) is 1. The normalized spacial score (nSPS) is 12.3. The van der Waals surface area contributed by atoms with Crippen molar-refractivity contribution in [2.45, 2.75) is 33.1 Å². The van der Waals surface area contributed by atoms with E-state index in [0.717, 1.165) is 22.3 Å². The molecule has 0 bridgehead atoms. The Morgan fingerprint density at radius 1 is 0.891 bits per heavy atom. The smallest absolute Gasteiger partial charge is 0.266 e. The van der Waals surface area contributed by atoms with Gasteiger partial charge in [-0.05, 0) is 77.1 Å². The van der Waals surface area contributed by atoms with Gasteiger partial charge in [0.15, 0.2) is 0 Å². The molecule has 0 saturated heterocycles. The fraction of sp³-hybridized carbons (Fsp3) is 0.257. The van der Waals surface area contributed by atoms with Crippen LogP contribution >= 0.6 is 23.2 Å². The van der Waals surface area contributed by atoms with Gasteiger partial charge >= 0.3 is 0 Å². The third-order valence-electron chi connectivity index (χ3n) is 6.97. The molecule has 4 rings (SSSR count). The molecule has 0 fully saturated rings. The predicted octanol–water partition coefficient (Wildman–Crippen LogP) is 7.67. The molecule has 1 unspecified atom stereocenters. The summed E-state index contributed by atoms with van der Waals surface area (Å²) in [7, 11) is -4.18. The van der Waals surface area contributed by atoms with Crippen molar-refractivity contribution >= 4 is 50.8 Å². The van der Waals surface area contributed by atoms with Crippen molar-refractivity contribution < 1.29 is 27.3 Å². The van der Waals surface area contributed by atoms with Crippen molar-refractivity contribution in [3.8, 4) is 16.9 Å². The topological polar surface area (TPSA) is 122 Å². The maximum absolute atomic E-state index is 13.8. The van der Waals surface area contributed by atoms with Gasteiger partial charge in [0.05, 0.1) is 18.3 Å². The van der Waals surface area contributed by atoms with Crippen molar-refractivity contribution in [1.82, 2.24) is 5.32 Å². The van der Waals surface area contributed by atoms with Crippen LogP contribution < -0.4 is 15.4 Å². The van der Waals surface area contributed by atoms with E-state index in [0.29, 0.717) is 40.1 Å². The van der Waals surface area contributed by atoms with Crippen LogP contribution in [0.1, 0.15) is 48.2 Å². The number of benzene rings is 4. The lowest BCUT2D eigenvalue weighted by molar-refractivity contribution is -0.117. The van der Waals surface area contributed by atoms with E-state index in [1.54, 1.807) is 36.4 Å². The van der Waals surface area contributed by atoms with Gasteiger partial charge in [0, 0.05) is 33.4 Å². The third kappa shape index (κ3) is 10.6. The van der Waals surface area contributed by atoms with Crippen LogP contribution in [-0.2, 0) is 21.3 Å². The molecule has 4 aromatic carbocycles. The first-order valence-corrected chi connectivity index (χ1v) is 16.9. The van der Waals surface area contributed by atoms with Gasteiger partial charge in [0.2, 0.25) is 5.91 Å². The average Bonchev–Trinajstić information content (AvgIpc) is 2.99. The Hall–Kier alpha value is -3.89. The molecule has 1 atom stereocenters. The highest BCUT2D eigenvalue weighted by Crippen LogP contribution is 2.32. The number of anilines is 1. The van der Waals surface area contributed by atoms with Gasteiger partial charge in [-0.1, -0.05) is 86.4 Å². The van der Waals surface area contributed by atoms with E-state index in [1.165, 1.54) is 0 Å². The van der Waals surface area contributed by atoms with Gasteiger partial charge in [0.25, 0.3) is 16.0 Å². The maximum Gasteiger partial charge on any atom is 0.266 e. The molecule has 0 aliphatic heterocycles. The van der Waals surface area contributed by atoms with E-state index in [1.807, 2.05) is 54.6 Å². The van der Waals surface area contributed by atoms with Crippen LogP contribution in [0.2, 0.25) is 10.0 Å². The number of carbonyl (C=O) groups is 2. The highest BCUT2D eigenvalue weighted by atomic mass is 35.5. The minimum atomic E-state index is -4.18. The quantitative estimate of drug-likeness (QED) is 0.132. The molecule has 3 N–H and O–H groups in total. The van der Waals surface area contributed by atoms with Crippen molar-refractivity contribution in [3.63, 3.8) is 0 Å². The lowest BCUT2D eigenvalue weighted by atomic mass is 9.90. The molecule has 0 saturated carbocycles. The lowest BCUT2D eigenvalue weighted by Gasteiger charge is -2.20. The number of amides is 2. The molecule has 0 aliphatic rings. The van der Waals surface area contributed by atoms with Crippen LogP contribution in [0.15, 0.2) is 91.0 Å². The molecule has 0 aromatic heterocycles. The summed E-state index contributed by atoms with van der Waals surface area (Å²) in [5.74, 6) is -1.13. The fourth-order valence-corrected chi connectivity index (χ4v) is 5.45. The average molecular weight is 684 g/mol. The monoisotopic (exact) mass is 682 g/mol. The van der Waals surface area contributed by atoms with E-state index < -0.39 is 27.7 Å². The van der Waals surface area contributed by atoms with Crippen molar-refractivity contribution in [1.29, 1.82) is 0 Å². The van der Waals surface area contributed by atoms with E-state index >= 15 is 0 Å². The number of hydrogen-bond donors (Lipinski definition) is 3. The lowest BCUT2D eigenvalue weighted by Crippen LogP contribution is -2.28. The number of hydrogen-bond acceptors (Lipinski definition) is 5. The Kier molecular flexibility index (Phi) is 11.5. The third-order valence-corrected chi connectivity index (χ3v) is 8.23. The number of carbonyl (C=O) groups excluding carboxylic acids is 2. The SMILES string of the molecule is CC(C)(C)COc1ccc(C(Cc2ccc(C(=O)NCCS(=O)(=O)O)cc2)C(=O)Nc2ccc(-c3ccc(Cl)cc3Cl)cc2)cc1. The summed E-state index contributed by atoms with van der Waals surface area (Å²) in [5, 5.41) is 6.57. The molecule has 242 valence electrons. The summed E-state index contributed by atoms with van der Waals surface area (Å²) in [4.78, 5) is 26.2. The molecule has 0 aliphatic carbocycles. The fourth-order valence-electron chi connectivity index (χ4n) is 4.57. The van der Waals surface area contributed by atoms with Crippen LogP contribution in [0.4, 0.5) is 5.69 Å². The number of halogens is 2. The molecule has 11 heteroatoms. The zero-order valence-electron chi connectivity index (χ0n) is 25.7. The highest BCUT2D eigenvalue weighted by Gasteiger charge is 2.22. The largest absolute Gasteiger partial charge is 0.493 e. The molecule has 46 heavy (non-hydrogen) atoms. The first-order chi connectivity index (χ1) is 21.7. The van der Waals surface area contributed by atoms with Crippen molar-refractivity contribution in [3.05, 3.63) is 118 Å². The van der Waals surface area contributed by atoms with Gasteiger partial charge in [0.1, 0.15) is 5.75 Å². The van der Waals surface area contributed by atoms with Crippen molar-refractivity contribution in [2.75, 3.05) is 24.2 Å². The molecule has 0 heterocycles. The molecule has 0 spiro atoms. The van der Waals surface area contributed by atoms with Gasteiger partial charge in [-0.25, -0.2) is 0 Å². The van der Waals surface area contributed by atoms with Crippen molar-refractivity contribution in [2.24, 2.45) is 5.41 Å². The van der Waals surface area contributed by atoms with Crippen LogP contribution in [0.5, 0.6) is 5.75 Å². The van der Waals surface area contributed by atoms with Crippen LogP contribution in [-0.4, -0.2) is 43.7 Å². The number of nitrogens with one attached hydrogen (secondary N) is 2. The maximum atomic E-state index is 13.8. The van der Waals surface area contributed by atoms with Crippen LogP contribution in [0.3, 0.4) is 0 Å². The first kappa shape index (κ1) is 35.0. The second-order valence-electron chi connectivity index (χ2n) is 12.1. The summed E-state index contributed by atoms with van der Waals surface area (Å²) >= 11 is 12.4. The zero-order valence-corrected chi connectivity index (χ0v) is 28.0. The minimum Gasteiger partial charge on any atom is -0.493 e. The van der Waals surface area contributed by atoms with E-state index in [4.69, 9.17) is 32.5 Å². The second kappa shape index (κ2) is 15.1. The Morgan fingerprint density at radius 2 is 1.54 bits per heavy atom. The van der Waals surface area contributed by atoms with E-state index in [2.05, 4.69) is 31.4 Å². The Morgan fingerprint density at radius 3 is 2.13 bits per heavy atom. The summed E-state index contributed by atoms with van der Waals surface area (Å²) in [6.45, 7) is 6.60. The molecular formula is C35H36Cl2N2O6S. The molecular weight excluding hydrogens is 647 g/mol. The number of rotatable bonds is 12. The van der Waals surface area contributed by atoms with Gasteiger partial charge in [-0.15, -0.1) is 0 Å². The summed E-state index contributed by atoms with van der Waals surface area (Å²) in [6, 6.07) is 26.9. The highest BCUT2D eigenvalue weighted by molar-refractivity contribution is 7.85. The molecule has 4 aromatic rings. The molecule has 2 amide bonds. The van der Waals surface area contributed by atoms with Gasteiger partial charge < -0.3 is 15.4 Å². The minimum absolute atomic E-state index is 0.00483.